The Morgan fingerprint density at radius 1 is 1.05 bits per heavy atom. The molecule has 0 aromatic heterocycles. The van der Waals surface area contributed by atoms with Crippen LogP contribution in [0, 0.1) is 0 Å². The molecule has 0 spiro atoms. The summed E-state index contributed by atoms with van der Waals surface area (Å²) in [6.45, 7) is 0. The largest absolute Gasteiger partial charge is 0.279 e. The molecule has 0 bridgehead atoms. The molecular weight excluding hydrogens is 284 g/mol. The van der Waals surface area contributed by atoms with Crippen LogP contribution < -0.4 is 4.72 Å². The SMILES string of the molecule is O=C(Cl)[C@H](Cc1ccccc1)NS[13c]1[13cH][13cH][13cH][13cH][13cH]1. The standard InChI is InChI=1S/C15H14ClNOS/c16-15(18)14(11-12-7-3-1-4-8-12)17-19-13-9-5-2-6-10-13/h1-10,14,17H,11H2/t14-/m0/s1/i2+1,5+1,6+1,9+1,10+1,13+1. The molecular formula is C15H14ClNOS. The van der Waals surface area contributed by atoms with Crippen LogP contribution in [0.25, 0.3) is 0 Å². The minimum absolute atomic E-state index is 0.368. The lowest BCUT2D eigenvalue weighted by molar-refractivity contribution is -0.113. The Morgan fingerprint density at radius 2 is 1.63 bits per heavy atom. The molecule has 0 radical (unpaired) electrons. The smallest absolute Gasteiger partial charge is 0.239 e. The summed E-state index contributed by atoms with van der Waals surface area (Å²) in [4.78, 5) is 12.5. The van der Waals surface area contributed by atoms with E-state index < -0.39 is 6.04 Å². The maximum atomic E-state index is 11.5. The summed E-state index contributed by atoms with van der Waals surface area (Å²) in [7, 11) is 0. The second-order valence-electron chi connectivity index (χ2n) is 4.08. The monoisotopic (exact) mass is 297 g/mol. The van der Waals surface area contributed by atoms with E-state index in [1.165, 1.54) is 11.9 Å². The zero-order valence-corrected chi connectivity index (χ0v) is 11.8. The molecule has 1 atom stereocenters. The average molecular weight is 298 g/mol. The van der Waals surface area contributed by atoms with Crippen molar-refractivity contribution in [3.8, 4) is 0 Å². The predicted octanol–water partition coefficient (Wildman–Crippen LogP) is 3.66. The lowest BCUT2D eigenvalue weighted by Gasteiger charge is -2.14. The van der Waals surface area contributed by atoms with Gasteiger partial charge in [0.2, 0.25) is 5.24 Å². The summed E-state index contributed by atoms with van der Waals surface area (Å²) in [6, 6.07) is 19.3. The van der Waals surface area contributed by atoms with E-state index in [2.05, 4.69) is 4.72 Å². The first-order valence-electron chi connectivity index (χ1n) is 5.96. The molecule has 0 unspecified atom stereocenters. The maximum absolute atomic E-state index is 11.5. The first-order chi connectivity index (χ1) is 9.25. The minimum atomic E-state index is -0.394. The van der Waals surface area contributed by atoms with Crippen molar-refractivity contribution in [2.45, 2.75) is 17.4 Å². The second-order valence-corrected chi connectivity index (χ2v) is 5.36. The van der Waals surface area contributed by atoms with E-state index >= 15 is 0 Å². The number of rotatable bonds is 6. The van der Waals surface area contributed by atoms with Gasteiger partial charge in [-0.3, -0.25) is 4.79 Å². The molecule has 19 heavy (non-hydrogen) atoms. The summed E-state index contributed by atoms with van der Waals surface area (Å²) in [5.74, 6) is 0. The topological polar surface area (TPSA) is 29.1 Å². The molecule has 2 nitrogen and oxygen atoms in total. The molecule has 0 fully saturated rings. The highest BCUT2D eigenvalue weighted by molar-refractivity contribution is 7.97. The number of nitrogens with one attached hydrogen (secondary N) is 1. The fourth-order valence-corrected chi connectivity index (χ4v) is 2.60. The zero-order valence-electron chi connectivity index (χ0n) is 10.3. The van der Waals surface area contributed by atoms with Crippen LogP contribution in [0.3, 0.4) is 0 Å². The first kappa shape index (κ1) is 14.1. The lowest BCUT2D eigenvalue weighted by atomic mass is 10.1. The third kappa shape index (κ3) is 4.71. The molecule has 4 heteroatoms. The summed E-state index contributed by atoms with van der Waals surface area (Å²) in [6.07, 6.45) is 0.586. The van der Waals surface area contributed by atoms with Gasteiger partial charge in [-0.2, -0.15) is 0 Å². The van der Waals surface area contributed by atoms with E-state index in [0.29, 0.717) is 6.42 Å². The predicted molar refractivity (Wildman–Crippen MR) is 80.2 cm³/mol. The molecule has 1 N–H and O–H groups in total. The lowest BCUT2D eigenvalue weighted by Crippen LogP contribution is -2.31. The van der Waals surface area contributed by atoms with Gasteiger partial charge in [-0.15, -0.1) is 0 Å². The van der Waals surface area contributed by atoms with Crippen LogP contribution in [-0.2, 0) is 11.2 Å². The average Bonchev–Trinajstić information content (AvgIpc) is 2.45. The van der Waals surface area contributed by atoms with Gasteiger partial charge < -0.3 is 0 Å². The van der Waals surface area contributed by atoms with Gasteiger partial charge in [-0.05, 0) is 47.7 Å². The first-order valence-corrected chi connectivity index (χ1v) is 7.16. The van der Waals surface area contributed by atoms with Crippen LogP contribution >= 0.6 is 23.5 Å². The Kier molecular flexibility index (Phi) is 5.45. The van der Waals surface area contributed by atoms with Crippen molar-refractivity contribution >= 4 is 28.8 Å². The van der Waals surface area contributed by atoms with Gasteiger partial charge in [0.05, 0.1) is 6.04 Å². The summed E-state index contributed by atoms with van der Waals surface area (Å²) in [5.41, 5.74) is 1.09. The van der Waals surface area contributed by atoms with Crippen LogP contribution in [0.2, 0.25) is 0 Å². The van der Waals surface area contributed by atoms with Crippen molar-refractivity contribution in [3.63, 3.8) is 0 Å². The quantitative estimate of drug-likeness (QED) is 0.652. The fourth-order valence-electron chi connectivity index (χ4n) is 1.65. The third-order valence-corrected chi connectivity index (χ3v) is 3.79. The molecule has 2 aromatic rings. The van der Waals surface area contributed by atoms with Crippen molar-refractivity contribution in [2.24, 2.45) is 0 Å². The van der Waals surface area contributed by atoms with Gasteiger partial charge in [0.1, 0.15) is 0 Å². The molecule has 2 rings (SSSR count). The van der Waals surface area contributed by atoms with E-state index in [9.17, 15) is 4.79 Å². The Hall–Kier alpha value is -1.29. The highest BCUT2D eigenvalue weighted by Crippen LogP contribution is 2.16. The Balaban J connectivity index is 1.95. The number of benzene rings is 2. The van der Waals surface area contributed by atoms with E-state index in [1.54, 1.807) is 0 Å². The third-order valence-electron chi connectivity index (χ3n) is 2.62. The van der Waals surface area contributed by atoms with Crippen LogP contribution in [0.4, 0.5) is 0 Å². The van der Waals surface area contributed by atoms with E-state index in [4.69, 9.17) is 11.6 Å². The molecule has 0 aliphatic carbocycles. The Labute approximate surface area is 122 Å². The van der Waals surface area contributed by atoms with Gasteiger partial charge in [-0.25, -0.2) is 4.72 Å². The van der Waals surface area contributed by atoms with Crippen molar-refractivity contribution in [1.29, 1.82) is 0 Å². The van der Waals surface area contributed by atoms with Crippen molar-refractivity contribution in [3.05, 3.63) is 66.2 Å². The second kappa shape index (κ2) is 7.34. The number of hydrogen-bond acceptors (Lipinski definition) is 3. The Bertz CT molecular complexity index is 518. The van der Waals surface area contributed by atoms with Crippen molar-refractivity contribution < 1.29 is 4.79 Å². The summed E-state index contributed by atoms with van der Waals surface area (Å²) >= 11 is 7.07. The van der Waals surface area contributed by atoms with E-state index in [0.717, 1.165) is 10.5 Å². The number of hydrogen-bond donors (Lipinski definition) is 1. The van der Waals surface area contributed by atoms with Gasteiger partial charge in [-0.1, -0.05) is 48.5 Å². The van der Waals surface area contributed by atoms with Crippen LogP contribution in [-0.4, -0.2) is 11.3 Å². The van der Waals surface area contributed by atoms with Crippen LogP contribution in [0.1, 0.15) is 5.56 Å². The number of carbonyl (C=O) groups is 1. The maximum Gasteiger partial charge on any atom is 0.239 e. The molecule has 0 heterocycles. The molecule has 2 aromatic carbocycles. The molecule has 0 aliphatic rings. The van der Waals surface area contributed by atoms with Crippen molar-refractivity contribution in [2.75, 3.05) is 0 Å². The molecule has 0 saturated carbocycles. The van der Waals surface area contributed by atoms with E-state index in [1.807, 2.05) is 60.7 Å². The zero-order chi connectivity index (χ0) is 13.5. The minimum Gasteiger partial charge on any atom is -0.279 e. The van der Waals surface area contributed by atoms with Gasteiger partial charge in [0.25, 0.3) is 0 Å². The van der Waals surface area contributed by atoms with Crippen LogP contribution in [0.5, 0.6) is 0 Å². The van der Waals surface area contributed by atoms with Crippen LogP contribution in [0.15, 0.2) is 65.6 Å². The highest BCUT2D eigenvalue weighted by atomic mass is 35.5. The molecule has 0 aliphatic heterocycles. The summed E-state index contributed by atoms with van der Waals surface area (Å²) in [5, 5.41) is -0.368. The highest BCUT2D eigenvalue weighted by Gasteiger charge is 2.16. The molecule has 0 amide bonds. The van der Waals surface area contributed by atoms with Gasteiger partial charge in [0.15, 0.2) is 0 Å². The normalized spacial score (nSPS) is 12.1. The summed E-state index contributed by atoms with van der Waals surface area (Å²) < 4.78 is 3.12. The fraction of sp³-hybridized carbons (Fsp3) is 0.133. The van der Waals surface area contributed by atoms with E-state index in [-0.39, 0.29) is 5.24 Å². The molecule has 0 saturated heterocycles. The Morgan fingerprint density at radius 3 is 2.21 bits per heavy atom. The van der Waals surface area contributed by atoms with Gasteiger partial charge in [0, 0.05) is 4.90 Å². The van der Waals surface area contributed by atoms with Gasteiger partial charge >= 0.3 is 0 Å². The molecule has 98 valence electrons. The number of carbonyl (C=O) groups excluding carboxylic acids is 1. The van der Waals surface area contributed by atoms with Crippen molar-refractivity contribution in [1.82, 2.24) is 4.72 Å². The number of halogens is 1.